The van der Waals surface area contributed by atoms with Crippen molar-refractivity contribution in [2.75, 3.05) is 0 Å². The molecule has 0 unspecified atom stereocenters. The van der Waals surface area contributed by atoms with Crippen LogP contribution < -0.4 is 17.0 Å². The smallest absolute Gasteiger partial charge is 0.354 e. The number of aliphatic carboxylic acids is 1. The van der Waals surface area contributed by atoms with Gasteiger partial charge in [-0.25, -0.2) is 4.79 Å². The quantitative estimate of drug-likeness (QED) is 0.156. The third-order valence-corrected chi connectivity index (χ3v) is 0.794. The molecule has 6 N–H and O–H groups in total. The number of hydrazine groups is 1. The van der Waals surface area contributed by atoms with E-state index in [1.165, 1.54) is 0 Å². The van der Waals surface area contributed by atoms with Gasteiger partial charge < -0.3 is 16.3 Å². The molecule has 0 bridgehead atoms. The number of carbonyl (C=O) groups is 2. The predicted molar refractivity (Wildman–Crippen MR) is 32.2 cm³/mol. The second-order valence-electron chi connectivity index (χ2n) is 1.39. The highest BCUT2D eigenvalue weighted by Gasteiger charge is 2.07. The monoisotopic (exact) mass is 145 g/mol. The predicted octanol–water partition coefficient (Wildman–Crippen LogP) is -2.10. The van der Waals surface area contributed by atoms with Crippen LogP contribution in [0.15, 0.2) is 11.4 Å². The Kier molecular flexibility index (Phi) is 2.92. The Bertz CT molecular complexity index is 186. The standard InChI is InChI=1S/C4H7N3O3/c5-3(4(9)10)2(1-8)7-6/h1,7H,5-6H2,(H,9,10). The molecular weight excluding hydrogens is 138 g/mol. The first-order valence-corrected chi connectivity index (χ1v) is 2.28. The van der Waals surface area contributed by atoms with Crippen LogP contribution in [0, 0.1) is 0 Å². The second-order valence-corrected chi connectivity index (χ2v) is 1.39. The summed E-state index contributed by atoms with van der Waals surface area (Å²) in [5.41, 5.74) is 5.79. The van der Waals surface area contributed by atoms with Crippen LogP contribution in [0.25, 0.3) is 0 Å². The van der Waals surface area contributed by atoms with Gasteiger partial charge in [0.05, 0.1) is 0 Å². The van der Waals surface area contributed by atoms with Crippen LogP contribution in [-0.4, -0.2) is 17.4 Å². The number of nitrogens with two attached hydrogens (primary N) is 2. The van der Waals surface area contributed by atoms with E-state index < -0.39 is 11.7 Å². The van der Waals surface area contributed by atoms with Crippen LogP contribution in [0.1, 0.15) is 0 Å². The van der Waals surface area contributed by atoms with E-state index in [1.807, 2.05) is 5.43 Å². The summed E-state index contributed by atoms with van der Waals surface area (Å²) in [6, 6.07) is 0. The number of allylic oxidation sites excluding steroid dienone is 1. The minimum atomic E-state index is -1.39. The summed E-state index contributed by atoms with van der Waals surface area (Å²) in [6.45, 7) is 0. The van der Waals surface area contributed by atoms with Crippen LogP contribution in [0.4, 0.5) is 0 Å². The number of nitrogens with one attached hydrogen (secondary N) is 1. The molecule has 0 aromatic heterocycles. The maximum absolute atomic E-state index is 10.0. The van der Waals surface area contributed by atoms with E-state index in [0.29, 0.717) is 0 Å². The van der Waals surface area contributed by atoms with E-state index in [1.54, 1.807) is 0 Å². The normalized spacial score (nSPS) is 11.7. The number of aldehydes is 1. The van der Waals surface area contributed by atoms with Crippen LogP contribution >= 0.6 is 0 Å². The highest BCUT2D eigenvalue weighted by Crippen LogP contribution is 1.87. The second kappa shape index (κ2) is 3.46. The zero-order valence-electron chi connectivity index (χ0n) is 5.00. The molecule has 10 heavy (non-hydrogen) atoms. The van der Waals surface area contributed by atoms with E-state index in [4.69, 9.17) is 16.7 Å². The van der Waals surface area contributed by atoms with Gasteiger partial charge in [-0.05, 0) is 0 Å². The number of hydrogen-bond donors (Lipinski definition) is 4. The average molecular weight is 145 g/mol. The molecule has 0 spiro atoms. The maximum Gasteiger partial charge on any atom is 0.354 e. The summed E-state index contributed by atoms with van der Waals surface area (Å²) in [6.07, 6.45) is 0.226. The molecule has 0 amide bonds. The minimum Gasteiger partial charge on any atom is -0.477 e. The fourth-order valence-electron chi connectivity index (χ4n) is 0.290. The lowest BCUT2D eigenvalue weighted by molar-refractivity contribution is -0.133. The van der Waals surface area contributed by atoms with E-state index in [9.17, 15) is 9.59 Å². The maximum atomic E-state index is 10.0. The van der Waals surface area contributed by atoms with Crippen molar-refractivity contribution in [3.8, 4) is 0 Å². The van der Waals surface area contributed by atoms with Crippen molar-refractivity contribution in [2.24, 2.45) is 11.6 Å². The molecule has 0 rings (SSSR count). The molecule has 0 aromatic rings. The molecule has 6 nitrogen and oxygen atoms in total. The van der Waals surface area contributed by atoms with Crippen molar-refractivity contribution >= 4 is 12.3 Å². The van der Waals surface area contributed by atoms with Crippen LogP contribution in [0.2, 0.25) is 0 Å². The van der Waals surface area contributed by atoms with Gasteiger partial charge in [-0.3, -0.25) is 10.6 Å². The van der Waals surface area contributed by atoms with Crippen molar-refractivity contribution in [3.05, 3.63) is 11.4 Å². The first kappa shape index (κ1) is 8.44. The SMILES string of the molecule is NNC(C=O)=C(N)C(=O)O. The van der Waals surface area contributed by atoms with Gasteiger partial charge in [-0.2, -0.15) is 0 Å². The molecule has 0 heterocycles. The number of rotatable bonds is 3. The van der Waals surface area contributed by atoms with Gasteiger partial charge in [-0.15, -0.1) is 0 Å². The lowest BCUT2D eigenvalue weighted by atomic mass is 10.3. The molecule has 0 aromatic carbocycles. The summed E-state index contributed by atoms with van der Waals surface area (Å²) in [5, 5.41) is 8.18. The molecule has 6 heteroatoms. The highest BCUT2D eigenvalue weighted by molar-refractivity contribution is 5.92. The number of carboxylic acid groups (broad SMARTS) is 1. The van der Waals surface area contributed by atoms with Gasteiger partial charge in [-0.1, -0.05) is 0 Å². The molecule has 56 valence electrons. The van der Waals surface area contributed by atoms with Gasteiger partial charge in [0.25, 0.3) is 0 Å². The number of carboxylic acids is 1. The summed E-state index contributed by atoms with van der Waals surface area (Å²) in [5.74, 6) is 3.35. The van der Waals surface area contributed by atoms with Crippen molar-refractivity contribution in [1.82, 2.24) is 5.43 Å². The van der Waals surface area contributed by atoms with Crippen molar-refractivity contribution in [2.45, 2.75) is 0 Å². The summed E-state index contributed by atoms with van der Waals surface area (Å²) < 4.78 is 0. The fraction of sp³-hybridized carbons (Fsp3) is 0. The van der Waals surface area contributed by atoms with E-state index in [2.05, 4.69) is 0 Å². The summed E-state index contributed by atoms with van der Waals surface area (Å²) in [4.78, 5) is 20.0. The minimum absolute atomic E-state index is 0.226. The van der Waals surface area contributed by atoms with Gasteiger partial charge in [0.2, 0.25) is 0 Å². The summed E-state index contributed by atoms with van der Waals surface area (Å²) >= 11 is 0. The van der Waals surface area contributed by atoms with E-state index >= 15 is 0 Å². The lowest BCUT2D eigenvalue weighted by Gasteiger charge is -1.98. The van der Waals surface area contributed by atoms with Gasteiger partial charge in [0.15, 0.2) is 6.29 Å². The van der Waals surface area contributed by atoms with Crippen molar-refractivity contribution in [1.29, 1.82) is 0 Å². The Labute approximate surface area is 56.5 Å². The summed E-state index contributed by atoms with van der Waals surface area (Å²) in [7, 11) is 0. The third-order valence-electron chi connectivity index (χ3n) is 0.794. The van der Waals surface area contributed by atoms with Crippen LogP contribution in [-0.2, 0) is 9.59 Å². The van der Waals surface area contributed by atoms with E-state index in [0.717, 1.165) is 0 Å². The Hall–Kier alpha value is -1.56. The van der Waals surface area contributed by atoms with Crippen molar-refractivity contribution < 1.29 is 14.7 Å². The fourth-order valence-corrected chi connectivity index (χ4v) is 0.290. The molecule has 0 fully saturated rings. The molecule has 0 atom stereocenters. The first-order chi connectivity index (χ1) is 4.63. The number of hydrogen-bond acceptors (Lipinski definition) is 5. The van der Waals surface area contributed by atoms with Crippen LogP contribution in [0.5, 0.6) is 0 Å². The molecule has 0 radical (unpaired) electrons. The average Bonchev–Trinajstić information content (AvgIpc) is 1.90. The topological polar surface area (TPSA) is 118 Å². The van der Waals surface area contributed by atoms with Gasteiger partial charge in [0.1, 0.15) is 11.4 Å². The third kappa shape index (κ3) is 1.75. The number of carbonyl (C=O) groups excluding carboxylic acids is 1. The Morgan fingerprint density at radius 1 is 1.60 bits per heavy atom. The molecule has 0 saturated heterocycles. The zero-order chi connectivity index (χ0) is 8.15. The lowest BCUT2D eigenvalue weighted by Crippen LogP contribution is -2.28. The van der Waals surface area contributed by atoms with Crippen molar-refractivity contribution in [3.63, 3.8) is 0 Å². The molecule has 0 aliphatic rings. The highest BCUT2D eigenvalue weighted by atomic mass is 16.4. The molecular formula is C4H7N3O3. The molecule has 0 aliphatic heterocycles. The van der Waals surface area contributed by atoms with Gasteiger partial charge in [0, 0.05) is 0 Å². The zero-order valence-corrected chi connectivity index (χ0v) is 5.00. The Morgan fingerprint density at radius 2 is 2.10 bits per heavy atom. The Morgan fingerprint density at radius 3 is 2.20 bits per heavy atom. The van der Waals surface area contributed by atoms with E-state index in [-0.39, 0.29) is 12.0 Å². The van der Waals surface area contributed by atoms with Gasteiger partial charge >= 0.3 is 5.97 Å². The molecule has 0 saturated carbocycles. The largest absolute Gasteiger partial charge is 0.477 e. The van der Waals surface area contributed by atoms with Crippen LogP contribution in [0.3, 0.4) is 0 Å². The Balaban J connectivity index is 4.59. The first-order valence-electron chi connectivity index (χ1n) is 2.28. The molecule has 0 aliphatic carbocycles.